The summed E-state index contributed by atoms with van der Waals surface area (Å²) in [5.74, 6) is 0. The fraction of sp³-hybridized carbons (Fsp3) is 0.571. The van der Waals surface area contributed by atoms with Crippen LogP contribution < -0.4 is 0 Å². The number of rotatable bonds is 0. The van der Waals surface area contributed by atoms with Crippen LogP contribution >= 0.6 is 0 Å². The first-order valence-electron chi connectivity index (χ1n) is 5.42. The van der Waals surface area contributed by atoms with Crippen molar-refractivity contribution >= 4 is 15.0 Å². The predicted molar refractivity (Wildman–Crippen MR) is 70.0 cm³/mol. The van der Waals surface area contributed by atoms with Gasteiger partial charge in [-0.05, 0) is 0 Å². The Bertz CT molecular complexity index is 297. The molecule has 0 fully saturated rings. The van der Waals surface area contributed by atoms with E-state index in [0.717, 1.165) is 5.57 Å². The Hall–Kier alpha value is -0.261. The topological polar surface area (TPSA) is 0 Å². The van der Waals surface area contributed by atoms with E-state index in [4.69, 9.17) is 0 Å². The van der Waals surface area contributed by atoms with E-state index in [2.05, 4.69) is 60.3 Å². The number of hydrogen-bond acceptors (Lipinski definition) is 0. The van der Waals surface area contributed by atoms with Gasteiger partial charge in [0.2, 0.25) is 0 Å². The molecule has 0 aliphatic carbocycles. The van der Waals surface area contributed by atoms with Crippen molar-refractivity contribution in [2.45, 2.75) is 41.5 Å². The summed E-state index contributed by atoms with van der Waals surface area (Å²) in [6.07, 6.45) is 4.55. The summed E-state index contributed by atoms with van der Waals surface area (Å²) < 4.78 is 3.12. The van der Waals surface area contributed by atoms with Crippen LogP contribution in [0.25, 0.3) is 0 Å². The van der Waals surface area contributed by atoms with Crippen molar-refractivity contribution in [1.29, 1.82) is 0 Å². The Morgan fingerprint density at radius 3 is 1.47 bits per heavy atom. The van der Waals surface area contributed by atoms with Gasteiger partial charge in [0.25, 0.3) is 0 Å². The summed E-state index contributed by atoms with van der Waals surface area (Å²) >= 11 is 0.498. The van der Waals surface area contributed by atoms with E-state index in [9.17, 15) is 0 Å². The molecule has 0 atom stereocenters. The molecule has 0 nitrogen and oxygen atoms in total. The average Bonchev–Trinajstić information content (AvgIpc) is 1.99. The van der Waals surface area contributed by atoms with Gasteiger partial charge < -0.3 is 0 Å². The fourth-order valence-corrected chi connectivity index (χ4v) is 3.96. The molecule has 0 bridgehead atoms. The monoisotopic (exact) mass is 270 g/mol. The Balaban J connectivity index is 3.00. The molecule has 1 aliphatic rings. The Kier molecular flexibility index (Phi) is 3.38. The molecule has 0 saturated carbocycles. The molecule has 0 aromatic rings. The summed E-state index contributed by atoms with van der Waals surface area (Å²) in [7, 11) is 0. The van der Waals surface area contributed by atoms with Gasteiger partial charge in [-0.25, -0.2) is 0 Å². The van der Waals surface area contributed by atoms with Crippen LogP contribution in [-0.4, -0.2) is 15.0 Å². The molecule has 0 aromatic carbocycles. The van der Waals surface area contributed by atoms with Crippen LogP contribution in [0, 0.1) is 10.8 Å². The van der Waals surface area contributed by atoms with Gasteiger partial charge in [-0.2, -0.15) is 0 Å². The van der Waals surface area contributed by atoms with Gasteiger partial charge in [-0.3, -0.25) is 0 Å². The molecule has 1 heteroatoms. The van der Waals surface area contributed by atoms with Gasteiger partial charge in [0, 0.05) is 0 Å². The molecule has 84 valence electrons. The van der Waals surface area contributed by atoms with Crippen LogP contribution in [0.2, 0.25) is 0 Å². The van der Waals surface area contributed by atoms with E-state index in [0.29, 0.717) is 15.0 Å². The van der Waals surface area contributed by atoms with E-state index in [1.165, 1.54) is 0 Å². The van der Waals surface area contributed by atoms with E-state index in [1.54, 1.807) is 8.94 Å². The van der Waals surface area contributed by atoms with Gasteiger partial charge in [0.1, 0.15) is 0 Å². The molecule has 1 heterocycles. The fourth-order valence-electron chi connectivity index (χ4n) is 1.30. The first kappa shape index (κ1) is 12.8. The number of allylic oxidation sites excluding steroid dienone is 5. The second-order valence-electron chi connectivity index (χ2n) is 6.19. The zero-order chi connectivity index (χ0) is 11.9. The summed E-state index contributed by atoms with van der Waals surface area (Å²) in [4.78, 5) is 0. The first-order valence-corrected chi connectivity index (χ1v) is 7.13. The Morgan fingerprint density at radius 2 is 1.20 bits per heavy atom. The summed E-state index contributed by atoms with van der Waals surface area (Å²) in [5, 5.41) is 0. The Morgan fingerprint density at radius 1 is 0.867 bits per heavy atom. The molecular formula is C14H22Se. The van der Waals surface area contributed by atoms with Gasteiger partial charge in [0.15, 0.2) is 0 Å². The van der Waals surface area contributed by atoms with Crippen LogP contribution in [0.15, 0.2) is 33.2 Å². The quantitative estimate of drug-likeness (QED) is 0.580. The first-order chi connectivity index (χ1) is 6.60. The van der Waals surface area contributed by atoms with Crippen molar-refractivity contribution in [2.75, 3.05) is 0 Å². The Labute approximate surface area is 101 Å². The van der Waals surface area contributed by atoms with Crippen molar-refractivity contribution in [1.82, 2.24) is 0 Å². The minimum absolute atomic E-state index is 0.285. The van der Waals surface area contributed by atoms with Gasteiger partial charge in [-0.15, -0.1) is 0 Å². The summed E-state index contributed by atoms with van der Waals surface area (Å²) in [6.45, 7) is 17.8. The minimum atomic E-state index is 0.285. The van der Waals surface area contributed by atoms with E-state index in [-0.39, 0.29) is 10.8 Å². The van der Waals surface area contributed by atoms with Gasteiger partial charge in [-0.1, -0.05) is 0 Å². The predicted octanol–water partition coefficient (Wildman–Crippen LogP) is 4.12. The van der Waals surface area contributed by atoms with Crippen molar-refractivity contribution < 1.29 is 0 Å². The van der Waals surface area contributed by atoms with Crippen molar-refractivity contribution in [2.24, 2.45) is 10.8 Å². The van der Waals surface area contributed by atoms with Crippen molar-refractivity contribution in [3.05, 3.63) is 33.2 Å². The number of hydrogen-bond donors (Lipinski definition) is 0. The van der Waals surface area contributed by atoms with Gasteiger partial charge in [0.05, 0.1) is 0 Å². The molecule has 0 aromatic heterocycles. The second kappa shape index (κ2) is 3.96. The second-order valence-corrected chi connectivity index (χ2v) is 8.47. The maximum absolute atomic E-state index is 4.10. The van der Waals surface area contributed by atoms with E-state index in [1.807, 2.05) is 0 Å². The SMILES string of the molecule is C=C1C=C(C(C)(C)C)[Se]C(C(C)(C)C)=C1. The van der Waals surface area contributed by atoms with Crippen LogP contribution in [0.3, 0.4) is 0 Å². The molecule has 0 N–H and O–H groups in total. The maximum atomic E-state index is 4.10. The molecule has 0 spiro atoms. The van der Waals surface area contributed by atoms with Crippen LogP contribution in [0.5, 0.6) is 0 Å². The molecule has 1 rings (SSSR count). The summed E-state index contributed by atoms with van der Waals surface area (Å²) in [6, 6.07) is 0. The molecule has 0 unspecified atom stereocenters. The molecule has 15 heavy (non-hydrogen) atoms. The average molecular weight is 269 g/mol. The third-order valence-corrected chi connectivity index (χ3v) is 6.32. The van der Waals surface area contributed by atoms with Crippen molar-refractivity contribution in [3.63, 3.8) is 0 Å². The van der Waals surface area contributed by atoms with Crippen LogP contribution in [-0.2, 0) is 0 Å². The van der Waals surface area contributed by atoms with Gasteiger partial charge >= 0.3 is 101 Å². The molecule has 1 aliphatic heterocycles. The third kappa shape index (κ3) is 3.36. The third-order valence-electron chi connectivity index (χ3n) is 2.33. The standard InChI is InChI=1S/C14H22Se/c1-10-8-11(13(2,3)4)15-12(9-10)14(5,6)7/h8-9H,1H2,2-7H3. The van der Waals surface area contributed by atoms with E-state index >= 15 is 0 Å². The van der Waals surface area contributed by atoms with E-state index < -0.39 is 0 Å². The molecule has 0 radical (unpaired) electrons. The summed E-state index contributed by atoms with van der Waals surface area (Å²) in [5.41, 5.74) is 1.74. The zero-order valence-electron chi connectivity index (χ0n) is 10.8. The zero-order valence-corrected chi connectivity index (χ0v) is 12.5. The molecule has 0 amide bonds. The molecule has 0 saturated heterocycles. The van der Waals surface area contributed by atoms with Crippen molar-refractivity contribution in [3.8, 4) is 0 Å². The molecular weight excluding hydrogens is 247 g/mol. The van der Waals surface area contributed by atoms with Crippen LogP contribution in [0.4, 0.5) is 0 Å². The van der Waals surface area contributed by atoms with Crippen LogP contribution in [0.1, 0.15) is 41.5 Å². The normalized spacial score (nSPS) is 18.7.